The van der Waals surface area contributed by atoms with Crippen molar-refractivity contribution < 1.29 is 4.74 Å². The van der Waals surface area contributed by atoms with Crippen molar-refractivity contribution in [3.05, 3.63) is 34.3 Å². The number of nitrogens with zero attached hydrogens (tertiary/aromatic N) is 2. The highest BCUT2D eigenvalue weighted by molar-refractivity contribution is 6.29. The second-order valence-electron chi connectivity index (χ2n) is 2.54. The van der Waals surface area contributed by atoms with Gasteiger partial charge in [-0.2, -0.15) is 0 Å². The maximum atomic E-state index is 6.88. The first-order valence-electron chi connectivity index (χ1n) is 3.76. The Hall–Kier alpha value is -1.27. The van der Waals surface area contributed by atoms with Crippen LogP contribution in [0.2, 0.25) is 5.15 Å². The number of methoxy groups -OCH3 is 1. The molecule has 0 aromatic carbocycles. The van der Waals surface area contributed by atoms with Crippen LogP contribution in [0.5, 0.6) is 5.88 Å². The van der Waals surface area contributed by atoms with Crippen LogP contribution >= 0.6 is 11.6 Å². The Labute approximate surface area is 82.1 Å². The van der Waals surface area contributed by atoms with Crippen molar-refractivity contribution in [2.75, 3.05) is 7.11 Å². The first-order chi connectivity index (χ1) is 6.19. The maximum absolute atomic E-state index is 6.88. The molecule has 0 radical (unpaired) electrons. The smallest absolute Gasteiger partial charge is 0.251 e. The van der Waals surface area contributed by atoms with Crippen molar-refractivity contribution in [2.45, 2.75) is 13.0 Å². The van der Waals surface area contributed by atoms with E-state index in [1.807, 2.05) is 0 Å². The molecule has 0 aliphatic rings. The molecule has 0 saturated carbocycles. The van der Waals surface area contributed by atoms with Crippen molar-refractivity contribution in [3.63, 3.8) is 0 Å². The average Bonchev–Trinajstić information content (AvgIpc) is 2.16. The van der Waals surface area contributed by atoms with Crippen LogP contribution in [0, 0.1) is 6.57 Å². The van der Waals surface area contributed by atoms with E-state index < -0.39 is 0 Å². The molecule has 4 heteroatoms. The molecule has 13 heavy (non-hydrogen) atoms. The van der Waals surface area contributed by atoms with E-state index in [1.54, 1.807) is 19.1 Å². The molecule has 68 valence electrons. The highest BCUT2D eigenvalue weighted by atomic mass is 35.5. The predicted molar refractivity (Wildman–Crippen MR) is 50.8 cm³/mol. The number of halogens is 1. The monoisotopic (exact) mass is 196 g/mol. The fourth-order valence-corrected chi connectivity index (χ4v) is 1.12. The largest absolute Gasteiger partial charge is 0.481 e. The molecule has 0 aliphatic carbocycles. The lowest BCUT2D eigenvalue weighted by Crippen LogP contribution is -1.96. The SMILES string of the molecule is [C-]#[N+]C(C)c1ccc(Cl)nc1OC. The molecule has 0 fully saturated rings. The normalized spacial score (nSPS) is 11.8. The second-order valence-corrected chi connectivity index (χ2v) is 2.92. The maximum Gasteiger partial charge on any atom is 0.251 e. The molecule has 0 spiro atoms. The van der Waals surface area contributed by atoms with Crippen LogP contribution in [0.4, 0.5) is 0 Å². The summed E-state index contributed by atoms with van der Waals surface area (Å²) in [5.74, 6) is 0.427. The van der Waals surface area contributed by atoms with Gasteiger partial charge in [-0.15, -0.1) is 0 Å². The summed E-state index contributed by atoms with van der Waals surface area (Å²) in [6, 6.07) is 3.16. The average molecular weight is 197 g/mol. The van der Waals surface area contributed by atoms with E-state index in [4.69, 9.17) is 22.9 Å². The third-order valence-corrected chi connectivity index (χ3v) is 1.90. The Balaban J connectivity index is 3.15. The highest BCUT2D eigenvalue weighted by Gasteiger charge is 2.15. The van der Waals surface area contributed by atoms with E-state index in [0.717, 1.165) is 5.56 Å². The van der Waals surface area contributed by atoms with Gasteiger partial charge in [-0.1, -0.05) is 11.6 Å². The molecular weight excluding hydrogens is 188 g/mol. The van der Waals surface area contributed by atoms with Gasteiger partial charge in [0.25, 0.3) is 6.04 Å². The molecule has 0 saturated heterocycles. The van der Waals surface area contributed by atoms with Crippen LogP contribution in [0.15, 0.2) is 12.1 Å². The zero-order chi connectivity index (χ0) is 9.84. The van der Waals surface area contributed by atoms with Crippen molar-refractivity contribution in [3.8, 4) is 5.88 Å². The molecule has 1 aromatic heterocycles. The molecule has 0 bridgehead atoms. The zero-order valence-corrected chi connectivity index (χ0v) is 8.17. The quantitative estimate of drug-likeness (QED) is 0.537. The van der Waals surface area contributed by atoms with E-state index in [2.05, 4.69) is 9.83 Å². The van der Waals surface area contributed by atoms with Gasteiger partial charge >= 0.3 is 0 Å². The third-order valence-electron chi connectivity index (χ3n) is 1.69. The summed E-state index contributed by atoms with van der Waals surface area (Å²) in [6.07, 6.45) is 0. The molecule has 3 nitrogen and oxygen atoms in total. The lowest BCUT2D eigenvalue weighted by Gasteiger charge is -2.05. The number of ether oxygens (including phenoxy) is 1. The molecule has 1 aromatic rings. The summed E-state index contributed by atoms with van der Waals surface area (Å²) in [5.41, 5.74) is 0.766. The van der Waals surface area contributed by atoms with E-state index in [0.29, 0.717) is 11.0 Å². The first-order valence-corrected chi connectivity index (χ1v) is 4.14. The van der Waals surface area contributed by atoms with Gasteiger partial charge in [0.2, 0.25) is 5.88 Å². The molecule has 1 atom stereocenters. The van der Waals surface area contributed by atoms with Crippen LogP contribution in [0.1, 0.15) is 18.5 Å². The predicted octanol–water partition coefficient (Wildman–Crippen LogP) is 2.72. The summed E-state index contributed by atoms with van der Waals surface area (Å²) >= 11 is 5.67. The van der Waals surface area contributed by atoms with Crippen LogP contribution in [0.25, 0.3) is 4.85 Å². The molecule has 1 unspecified atom stereocenters. The van der Waals surface area contributed by atoms with Gasteiger partial charge in [0.05, 0.1) is 12.7 Å². The minimum Gasteiger partial charge on any atom is -0.481 e. The Kier molecular flexibility index (Phi) is 3.10. The molecule has 1 heterocycles. The number of pyridine rings is 1. The fourth-order valence-electron chi connectivity index (χ4n) is 0.980. The van der Waals surface area contributed by atoms with Gasteiger partial charge in [0.15, 0.2) is 0 Å². The van der Waals surface area contributed by atoms with Crippen LogP contribution in [-0.4, -0.2) is 12.1 Å². The van der Waals surface area contributed by atoms with Crippen molar-refractivity contribution in [1.82, 2.24) is 4.98 Å². The van der Waals surface area contributed by atoms with E-state index >= 15 is 0 Å². The Morgan fingerprint density at radius 3 is 2.85 bits per heavy atom. The van der Waals surface area contributed by atoms with E-state index in [9.17, 15) is 0 Å². The van der Waals surface area contributed by atoms with Crippen molar-refractivity contribution >= 4 is 11.6 Å². The minimum absolute atomic E-state index is 0.250. The second kappa shape index (κ2) is 4.11. The molecule has 0 aliphatic heterocycles. The summed E-state index contributed by atoms with van der Waals surface area (Å²) in [5, 5.41) is 0.373. The number of hydrogen-bond acceptors (Lipinski definition) is 2. The number of rotatable bonds is 2. The van der Waals surface area contributed by atoms with E-state index in [-0.39, 0.29) is 6.04 Å². The van der Waals surface area contributed by atoms with Gasteiger partial charge < -0.3 is 9.58 Å². The van der Waals surface area contributed by atoms with Crippen LogP contribution in [0.3, 0.4) is 0 Å². The fraction of sp³-hybridized carbons (Fsp3) is 0.333. The minimum atomic E-state index is -0.250. The lowest BCUT2D eigenvalue weighted by molar-refractivity contribution is 0.391. The summed E-state index contributed by atoms with van der Waals surface area (Å²) in [6.45, 7) is 8.67. The summed E-state index contributed by atoms with van der Waals surface area (Å²) in [4.78, 5) is 7.34. The van der Waals surface area contributed by atoms with Gasteiger partial charge in [0.1, 0.15) is 5.15 Å². The van der Waals surface area contributed by atoms with Crippen LogP contribution in [-0.2, 0) is 0 Å². The number of aromatic nitrogens is 1. The van der Waals surface area contributed by atoms with Crippen molar-refractivity contribution in [2.24, 2.45) is 0 Å². The van der Waals surface area contributed by atoms with Crippen LogP contribution < -0.4 is 4.74 Å². The van der Waals surface area contributed by atoms with E-state index in [1.165, 1.54) is 7.11 Å². The molecule has 0 N–H and O–H groups in total. The Morgan fingerprint density at radius 1 is 1.62 bits per heavy atom. The Bertz CT molecular complexity index is 346. The summed E-state index contributed by atoms with van der Waals surface area (Å²) in [7, 11) is 1.51. The lowest BCUT2D eigenvalue weighted by atomic mass is 10.1. The van der Waals surface area contributed by atoms with Gasteiger partial charge in [-0.05, 0) is 12.1 Å². The third kappa shape index (κ3) is 2.10. The van der Waals surface area contributed by atoms with Gasteiger partial charge in [0, 0.05) is 6.92 Å². The topological polar surface area (TPSA) is 26.5 Å². The van der Waals surface area contributed by atoms with Gasteiger partial charge in [-0.3, -0.25) is 0 Å². The molecular formula is C9H9ClN2O. The zero-order valence-electron chi connectivity index (χ0n) is 7.41. The number of hydrogen-bond donors (Lipinski definition) is 0. The highest BCUT2D eigenvalue weighted by Crippen LogP contribution is 2.26. The standard InChI is InChI=1S/C9H9ClN2O/c1-6(11-2)7-4-5-8(10)12-9(7)13-3/h4-6H,1,3H3. The van der Waals surface area contributed by atoms with Gasteiger partial charge in [-0.25, -0.2) is 11.6 Å². The van der Waals surface area contributed by atoms with Crippen molar-refractivity contribution in [1.29, 1.82) is 0 Å². The molecule has 1 rings (SSSR count). The summed E-state index contributed by atoms with van der Waals surface area (Å²) < 4.78 is 5.01. The molecule has 0 amide bonds. The Morgan fingerprint density at radius 2 is 2.31 bits per heavy atom. The first kappa shape index (κ1) is 9.82.